The molecule has 3 nitrogen and oxygen atoms in total. The highest BCUT2D eigenvalue weighted by molar-refractivity contribution is 5.48. The molecule has 1 N–H and O–H groups in total. The Kier molecular flexibility index (Phi) is 4.92. The van der Waals surface area contributed by atoms with Crippen LogP contribution in [-0.4, -0.2) is 19.3 Å². The standard InChI is InChI=1S/C17H27NO2/c1-5-7-11-19-14-9-8-10-15-16(14)13(18-4)12-17(3,6-2)20-15/h8-10,13,18H,5-7,11-12H2,1-4H3. The number of ether oxygens (including phenoxy) is 2. The Balaban J connectivity index is 2.29. The largest absolute Gasteiger partial charge is 0.493 e. The molecule has 0 fully saturated rings. The third-order valence-electron chi connectivity index (χ3n) is 4.22. The summed E-state index contributed by atoms with van der Waals surface area (Å²) in [4.78, 5) is 0. The van der Waals surface area contributed by atoms with Crippen LogP contribution < -0.4 is 14.8 Å². The van der Waals surface area contributed by atoms with E-state index in [2.05, 4.69) is 38.2 Å². The fourth-order valence-corrected chi connectivity index (χ4v) is 2.71. The van der Waals surface area contributed by atoms with Crippen molar-refractivity contribution in [1.82, 2.24) is 5.32 Å². The topological polar surface area (TPSA) is 30.5 Å². The molecule has 0 radical (unpaired) electrons. The second-order valence-electron chi connectivity index (χ2n) is 5.82. The number of nitrogens with one attached hydrogen (secondary N) is 1. The van der Waals surface area contributed by atoms with Crippen molar-refractivity contribution < 1.29 is 9.47 Å². The molecule has 1 aromatic carbocycles. The molecular weight excluding hydrogens is 250 g/mol. The first-order chi connectivity index (χ1) is 9.63. The molecule has 0 saturated carbocycles. The van der Waals surface area contributed by atoms with Gasteiger partial charge < -0.3 is 14.8 Å². The molecule has 1 heterocycles. The Morgan fingerprint density at radius 1 is 1.40 bits per heavy atom. The van der Waals surface area contributed by atoms with Gasteiger partial charge in [-0.2, -0.15) is 0 Å². The zero-order valence-electron chi connectivity index (χ0n) is 13.2. The Hall–Kier alpha value is -1.22. The molecular formula is C17H27NO2. The van der Waals surface area contributed by atoms with E-state index < -0.39 is 0 Å². The van der Waals surface area contributed by atoms with E-state index in [4.69, 9.17) is 9.47 Å². The van der Waals surface area contributed by atoms with Crippen molar-refractivity contribution in [3.05, 3.63) is 23.8 Å². The van der Waals surface area contributed by atoms with Gasteiger partial charge in [0, 0.05) is 12.5 Å². The Bertz CT molecular complexity index is 447. The smallest absolute Gasteiger partial charge is 0.128 e. The summed E-state index contributed by atoms with van der Waals surface area (Å²) < 4.78 is 12.2. The summed E-state index contributed by atoms with van der Waals surface area (Å²) in [7, 11) is 2.01. The number of benzene rings is 1. The third kappa shape index (κ3) is 3.09. The van der Waals surface area contributed by atoms with Gasteiger partial charge in [0.1, 0.15) is 17.1 Å². The van der Waals surface area contributed by atoms with Crippen LogP contribution >= 0.6 is 0 Å². The Morgan fingerprint density at radius 2 is 2.20 bits per heavy atom. The van der Waals surface area contributed by atoms with E-state index >= 15 is 0 Å². The van der Waals surface area contributed by atoms with Crippen LogP contribution in [0.4, 0.5) is 0 Å². The van der Waals surface area contributed by atoms with Gasteiger partial charge in [-0.25, -0.2) is 0 Å². The number of fused-ring (bicyclic) bond motifs is 1. The molecule has 2 atom stereocenters. The maximum atomic E-state index is 6.23. The van der Waals surface area contributed by atoms with Crippen molar-refractivity contribution in [3.8, 4) is 11.5 Å². The van der Waals surface area contributed by atoms with E-state index in [0.29, 0.717) is 6.04 Å². The summed E-state index contributed by atoms with van der Waals surface area (Å²) in [6.07, 6.45) is 4.21. The second-order valence-corrected chi connectivity index (χ2v) is 5.82. The molecule has 0 saturated heterocycles. The minimum atomic E-state index is -0.0945. The number of rotatable bonds is 6. The monoisotopic (exact) mass is 277 g/mol. The van der Waals surface area contributed by atoms with Gasteiger partial charge in [0.25, 0.3) is 0 Å². The summed E-state index contributed by atoms with van der Waals surface area (Å²) in [5.74, 6) is 1.93. The van der Waals surface area contributed by atoms with Crippen LogP contribution in [0.2, 0.25) is 0 Å². The van der Waals surface area contributed by atoms with Gasteiger partial charge in [0.2, 0.25) is 0 Å². The molecule has 0 spiro atoms. The molecule has 3 heteroatoms. The Morgan fingerprint density at radius 3 is 2.85 bits per heavy atom. The SMILES string of the molecule is CCCCOc1cccc2c1C(NC)CC(C)(CC)O2. The van der Waals surface area contributed by atoms with Crippen LogP contribution in [0.25, 0.3) is 0 Å². The van der Waals surface area contributed by atoms with Gasteiger partial charge in [0.15, 0.2) is 0 Å². The second kappa shape index (κ2) is 6.49. The molecule has 1 aliphatic heterocycles. The van der Waals surface area contributed by atoms with Gasteiger partial charge in [-0.05, 0) is 38.9 Å². The van der Waals surface area contributed by atoms with Crippen LogP contribution in [-0.2, 0) is 0 Å². The lowest BCUT2D eigenvalue weighted by atomic mass is 9.86. The molecule has 20 heavy (non-hydrogen) atoms. The predicted molar refractivity (Wildman–Crippen MR) is 82.6 cm³/mol. The van der Waals surface area contributed by atoms with Gasteiger partial charge >= 0.3 is 0 Å². The van der Waals surface area contributed by atoms with Crippen LogP contribution in [0.3, 0.4) is 0 Å². The van der Waals surface area contributed by atoms with Crippen LogP contribution in [0.1, 0.15) is 58.1 Å². The van der Waals surface area contributed by atoms with Crippen molar-refractivity contribution >= 4 is 0 Å². The maximum absolute atomic E-state index is 6.23. The van der Waals surface area contributed by atoms with Crippen LogP contribution in [0.5, 0.6) is 11.5 Å². The van der Waals surface area contributed by atoms with Crippen molar-refractivity contribution in [2.75, 3.05) is 13.7 Å². The van der Waals surface area contributed by atoms with Crippen molar-refractivity contribution in [2.24, 2.45) is 0 Å². The summed E-state index contributed by atoms with van der Waals surface area (Å²) in [6, 6.07) is 6.42. The molecule has 1 aliphatic rings. The number of unbranched alkanes of at least 4 members (excludes halogenated alkanes) is 1. The van der Waals surface area contributed by atoms with Crippen molar-refractivity contribution in [1.29, 1.82) is 0 Å². The third-order valence-corrected chi connectivity index (χ3v) is 4.22. The highest BCUT2D eigenvalue weighted by Gasteiger charge is 2.37. The van der Waals surface area contributed by atoms with E-state index in [9.17, 15) is 0 Å². The predicted octanol–water partition coefficient (Wildman–Crippen LogP) is 4.08. The minimum absolute atomic E-state index is 0.0945. The van der Waals surface area contributed by atoms with E-state index in [-0.39, 0.29) is 5.60 Å². The molecule has 112 valence electrons. The lowest BCUT2D eigenvalue weighted by molar-refractivity contribution is 0.0441. The first-order valence-corrected chi connectivity index (χ1v) is 7.75. The molecule has 0 amide bonds. The van der Waals surface area contributed by atoms with E-state index in [1.807, 2.05) is 13.1 Å². The quantitative estimate of drug-likeness (QED) is 0.795. The summed E-state index contributed by atoms with van der Waals surface area (Å²) >= 11 is 0. The van der Waals surface area contributed by atoms with E-state index in [0.717, 1.165) is 43.8 Å². The average Bonchev–Trinajstić information content (AvgIpc) is 2.46. The van der Waals surface area contributed by atoms with Gasteiger partial charge in [-0.1, -0.05) is 26.3 Å². The number of hydrogen-bond donors (Lipinski definition) is 1. The summed E-state index contributed by atoms with van der Waals surface area (Å²) in [5.41, 5.74) is 1.08. The first kappa shape index (κ1) is 15.2. The lowest BCUT2D eigenvalue weighted by Crippen LogP contribution is -2.40. The fraction of sp³-hybridized carbons (Fsp3) is 0.647. The summed E-state index contributed by atoms with van der Waals surface area (Å²) in [5, 5.41) is 3.42. The van der Waals surface area contributed by atoms with E-state index in [1.165, 1.54) is 5.56 Å². The van der Waals surface area contributed by atoms with Gasteiger partial charge in [-0.3, -0.25) is 0 Å². The number of hydrogen-bond acceptors (Lipinski definition) is 3. The maximum Gasteiger partial charge on any atom is 0.128 e. The molecule has 0 bridgehead atoms. The fourth-order valence-electron chi connectivity index (χ4n) is 2.71. The Labute approximate surface area is 122 Å². The van der Waals surface area contributed by atoms with Gasteiger partial charge in [-0.15, -0.1) is 0 Å². The average molecular weight is 277 g/mol. The molecule has 1 aromatic rings. The van der Waals surface area contributed by atoms with Gasteiger partial charge in [0.05, 0.1) is 12.2 Å². The first-order valence-electron chi connectivity index (χ1n) is 7.75. The minimum Gasteiger partial charge on any atom is -0.493 e. The van der Waals surface area contributed by atoms with Crippen molar-refractivity contribution in [3.63, 3.8) is 0 Å². The highest BCUT2D eigenvalue weighted by Crippen LogP contribution is 2.45. The van der Waals surface area contributed by atoms with Crippen LogP contribution in [0, 0.1) is 0 Å². The summed E-state index contributed by atoms with van der Waals surface area (Å²) in [6.45, 7) is 7.31. The lowest BCUT2D eigenvalue weighted by Gasteiger charge is -2.40. The van der Waals surface area contributed by atoms with Crippen LogP contribution in [0.15, 0.2) is 18.2 Å². The normalized spacial score (nSPS) is 24.9. The molecule has 2 unspecified atom stereocenters. The molecule has 0 aromatic heterocycles. The zero-order valence-corrected chi connectivity index (χ0v) is 13.2. The van der Waals surface area contributed by atoms with E-state index in [1.54, 1.807) is 0 Å². The van der Waals surface area contributed by atoms with Crippen molar-refractivity contribution in [2.45, 2.75) is 58.1 Å². The molecule has 0 aliphatic carbocycles. The zero-order chi connectivity index (χ0) is 14.6. The molecule has 2 rings (SSSR count). The highest BCUT2D eigenvalue weighted by atomic mass is 16.5.